The SMILES string of the molecule is C#C[C@@]12COP(O)(=S)O[C@@H]3[C@@H](F)[C@@H](COP(O)(=S)O[C@H]1[C@H](F)[C@H](n1cnc4c(N)ccnc41)O2)O[C@H]3n1nnc2c(=O)[nH]c(N)nc21. The van der Waals surface area contributed by atoms with Crippen molar-refractivity contribution in [1.29, 1.82) is 0 Å². The molecule has 0 radical (unpaired) electrons. The molecular formula is C22H22F2N10O9P2S2. The second kappa shape index (κ2) is 11.5. The van der Waals surface area contributed by atoms with E-state index in [4.69, 9.17) is 69.1 Å². The Labute approximate surface area is 271 Å². The number of fused-ring (bicyclic) bond motifs is 5. The first-order chi connectivity index (χ1) is 22.2. The maximum Gasteiger partial charge on any atom is 0.325 e. The lowest BCUT2D eigenvalue weighted by atomic mass is 9.98. The molecule has 3 saturated heterocycles. The molecule has 3 fully saturated rings. The molecule has 0 saturated carbocycles. The standard InChI is InChI=1S/C22H22F2N10O9P2S2/c1-2-22-6-39-45(37,47)42-14-10(23)9(40-20(14)34-17-13(31-32-34)18(35)30-21(26)29-17)5-38-44(36,46)43-15(22)11(24)19(41-22)33-7-28-12-8(25)3-4-27-16(12)33/h1,3-4,7,9-11,14-15,19-20H,5-6H2,(H2,25,27)(H,36,46)(H,37,47)(H3,26,29,30,35)/t9-,10+,11+,14-,15+,19-,20-,22-,44?,45?/m1/s1. The van der Waals surface area contributed by atoms with E-state index >= 15 is 8.78 Å². The zero-order chi connectivity index (χ0) is 33.5. The molecular weight excluding hydrogens is 712 g/mol. The van der Waals surface area contributed by atoms with Crippen LogP contribution in [0.15, 0.2) is 23.4 Å². The van der Waals surface area contributed by atoms with Gasteiger partial charge in [-0.25, -0.2) is 18.7 Å². The molecule has 3 aliphatic heterocycles. The number of hydrogen-bond donors (Lipinski definition) is 5. The minimum Gasteiger partial charge on any atom is -0.397 e. The molecule has 4 aromatic heterocycles. The van der Waals surface area contributed by atoms with Crippen LogP contribution in [0.3, 0.4) is 0 Å². The Kier molecular flexibility index (Phi) is 7.94. The Bertz CT molecular complexity index is 2100. The van der Waals surface area contributed by atoms with Crippen molar-refractivity contribution in [3.8, 4) is 12.3 Å². The van der Waals surface area contributed by atoms with E-state index in [-0.39, 0.29) is 34.0 Å². The van der Waals surface area contributed by atoms with Gasteiger partial charge in [0, 0.05) is 6.20 Å². The Morgan fingerprint density at radius 3 is 2.64 bits per heavy atom. The lowest BCUT2D eigenvalue weighted by molar-refractivity contribution is -0.0910. The van der Waals surface area contributed by atoms with Crippen LogP contribution in [0.25, 0.3) is 22.3 Å². The van der Waals surface area contributed by atoms with Crippen molar-refractivity contribution in [3.05, 3.63) is 28.9 Å². The van der Waals surface area contributed by atoms with Crippen molar-refractivity contribution in [2.24, 2.45) is 0 Å². The van der Waals surface area contributed by atoms with E-state index in [1.807, 2.05) is 0 Å². The summed E-state index contributed by atoms with van der Waals surface area (Å²) in [6.45, 7) is -10.7. The first-order valence-corrected chi connectivity index (χ1v) is 18.5. The summed E-state index contributed by atoms with van der Waals surface area (Å²) in [7, 11) is 0. The number of pyridine rings is 1. The maximum atomic E-state index is 16.3. The van der Waals surface area contributed by atoms with E-state index in [9.17, 15) is 14.6 Å². The number of nitrogens with two attached hydrogens (primary N) is 2. The monoisotopic (exact) mass is 734 g/mol. The molecule has 2 bridgehead atoms. The van der Waals surface area contributed by atoms with E-state index in [0.29, 0.717) is 0 Å². The molecule has 2 unspecified atom stereocenters. The zero-order valence-corrected chi connectivity index (χ0v) is 26.7. The highest BCUT2D eigenvalue weighted by atomic mass is 32.5. The number of halogens is 2. The predicted molar refractivity (Wildman–Crippen MR) is 162 cm³/mol. The van der Waals surface area contributed by atoms with Crippen LogP contribution in [0.5, 0.6) is 0 Å². The number of aromatic nitrogens is 8. The van der Waals surface area contributed by atoms with Crippen molar-refractivity contribution in [1.82, 2.24) is 39.5 Å². The average Bonchev–Trinajstić information content (AvgIpc) is 3.76. The van der Waals surface area contributed by atoms with Crippen molar-refractivity contribution in [3.63, 3.8) is 0 Å². The summed E-state index contributed by atoms with van der Waals surface area (Å²) in [6, 6.07) is 1.49. The highest BCUT2D eigenvalue weighted by Crippen LogP contribution is 2.56. The number of hydrogen-bond acceptors (Lipinski definition) is 16. The van der Waals surface area contributed by atoms with Gasteiger partial charge in [0.1, 0.15) is 23.8 Å². The molecule has 25 heteroatoms. The van der Waals surface area contributed by atoms with Gasteiger partial charge in [-0.2, -0.15) is 9.67 Å². The average molecular weight is 735 g/mol. The molecule has 0 aromatic carbocycles. The van der Waals surface area contributed by atoms with Gasteiger partial charge in [-0.1, -0.05) is 11.1 Å². The van der Waals surface area contributed by atoms with E-state index in [1.54, 1.807) is 0 Å². The van der Waals surface area contributed by atoms with Gasteiger partial charge in [0.2, 0.25) is 5.95 Å². The summed E-state index contributed by atoms with van der Waals surface area (Å²) in [6.07, 6.45) is -4.41. The Balaban J connectivity index is 1.25. The molecule has 4 aromatic rings. The van der Waals surface area contributed by atoms with Crippen LogP contribution in [0, 0.1) is 12.3 Å². The highest BCUT2D eigenvalue weighted by Gasteiger charge is 2.60. The lowest BCUT2D eigenvalue weighted by Crippen LogP contribution is -2.46. The molecule has 7 N–H and O–H groups in total. The third kappa shape index (κ3) is 5.53. The highest BCUT2D eigenvalue weighted by molar-refractivity contribution is 8.07. The van der Waals surface area contributed by atoms with Gasteiger partial charge in [0.05, 0.1) is 25.2 Å². The Morgan fingerprint density at radius 1 is 1.11 bits per heavy atom. The fourth-order valence-corrected chi connectivity index (χ4v) is 8.22. The van der Waals surface area contributed by atoms with E-state index in [2.05, 4.69) is 36.2 Å². The number of nitrogen functional groups attached to an aromatic ring is 2. The van der Waals surface area contributed by atoms with Gasteiger partial charge in [-0.05, 0) is 29.7 Å². The topological polar surface area (TPSA) is 255 Å². The summed E-state index contributed by atoms with van der Waals surface area (Å²) in [5, 5.41) is 7.55. The molecule has 0 aliphatic carbocycles. The second-order valence-electron chi connectivity index (χ2n) is 10.5. The second-order valence-corrected chi connectivity index (χ2v) is 16.1. The number of anilines is 2. The van der Waals surface area contributed by atoms with E-state index < -0.39 is 80.9 Å². The fraction of sp³-hybridized carbons (Fsp3) is 0.455. The van der Waals surface area contributed by atoms with Crippen molar-refractivity contribution in [2.75, 3.05) is 24.7 Å². The number of rotatable bonds is 2. The molecule has 10 atom stereocenters. The lowest BCUT2D eigenvalue weighted by Gasteiger charge is -2.32. The number of ether oxygens (including phenoxy) is 2. The molecule has 0 amide bonds. The minimum atomic E-state index is -4.52. The number of terminal acetylenes is 1. The van der Waals surface area contributed by atoms with Crippen LogP contribution < -0.4 is 17.0 Å². The summed E-state index contributed by atoms with van der Waals surface area (Å²) in [5.74, 6) is 1.94. The van der Waals surface area contributed by atoms with Crippen LogP contribution in [0.2, 0.25) is 0 Å². The first kappa shape index (κ1) is 32.4. The van der Waals surface area contributed by atoms with Gasteiger partial charge >= 0.3 is 13.4 Å². The van der Waals surface area contributed by atoms with Gasteiger partial charge < -0.3 is 39.8 Å². The third-order valence-corrected chi connectivity index (χ3v) is 10.6. The van der Waals surface area contributed by atoms with Gasteiger partial charge in [0.25, 0.3) is 5.56 Å². The van der Waals surface area contributed by atoms with Crippen molar-refractivity contribution < 1.29 is 46.1 Å². The molecule has 3 aliphatic rings. The molecule has 47 heavy (non-hydrogen) atoms. The van der Waals surface area contributed by atoms with Crippen LogP contribution in [0.4, 0.5) is 20.4 Å². The third-order valence-electron chi connectivity index (χ3n) is 7.57. The number of aromatic amines is 1. The maximum absolute atomic E-state index is 16.3. The normalized spacial score (nSPS) is 38.0. The van der Waals surface area contributed by atoms with Crippen LogP contribution in [-0.2, 0) is 51.2 Å². The number of alkyl halides is 2. The number of nitrogens with zero attached hydrogens (tertiary/aromatic N) is 7. The van der Waals surface area contributed by atoms with E-state index in [1.165, 1.54) is 23.2 Å². The summed E-state index contributed by atoms with van der Waals surface area (Å²) >= 11 is 10.3. The van der Waals surface area contributed by atoms with Crippen molar-refractivity contribution in [2.45, 2.75) is 48.7 Å². The molecule has 19 nitrogen and oxygen atoms in total. The van der Waals surface area contributed by atoms with Crippen LogP contribution in [-0.4, -0.2) is 98.8 Å². The molecule has 7 rings (SSSR count). The molecule has 250 valence electrons. The fourth-order valence-electron chi connectivity index (χ4n) is 5.39. The Hall–Kier alpha value is -3.10. The van der Waals surface area contributed by atoms with Crippen LogP contribution in [0.1, 0.15) is 12.5 Å². The molecule has 0 spiro atoms. The number of nitrogens with one attached hydrogen (secondary N) is 1. The summed E-state index contributed by atoms with van der Waals surface area (Å²) in [4.78, 5) is 49.0. The summed E-state index contributed by atoms with van der Waals surface area (Å²) < 4.78 is 68.2. The van der Waals surface area contributed by atoms with Crippen LogP contribution >= 0.6 is 13.4 Å². The minimum absolute atomic E-state index is 0.127. The van der Waals surface area contributed by atoms with E-state index in [0.717, 1.165) is 4.68 Å². The summed E-state index contributed by atoms with van der Waals surface area (Å²) in [5.41, 5.74) is 8.76. The first-order valence-electron chi connectivity index (χ1n) is 13.3. The largest absolute Gasteiger partial charge is 0.397 e. The number of H-pyrrole nitrogens is 1. The van der Waals surface area contributed by atoms with Crippen molar-refractivity contribution >= 4 is 71.0 Å². The van der Waals surface area contributed by atoms with Gasteiger partial charge in [-0.15, -0.1) is 11.5 Å². The smallest absolute Gasteiger partial charge is 0.325 e. The zero-order valence-electron chi connectivity index (χ0n) is 23.3. The van der Waals surface area contributed by atoms with Gasteiger partial charge in [-0.3, -0.25) is 23.4 Å². The number of imidazole rings is 1. The van der Waals surface area contributed by atoms with Gasteiger partial charge in [0.15, 0.2) is 47.2 Å². The predicted octanol–water partition coefficient (Wildman–Crippen LogP) is -0.151. The molecule has 7 heterocycles. The quantitative estimate of drug-likeness (QED) is 0.133. The Morgan fingerprint density at radius 2 is 1.87 bits per heavy atom.